The summed E-state index contributed by atoms with van der Waals surface area (Å²) in [6.45, 7) is 19.7. The van der Waals surface area contributed by atoms with E-state index >= 15 is 0 Å². The van der Waals surface area contributed by atoms with E-state index in [1.54, 1.807) is 0 Å². The maximum atomic E-state index is 4.93. The maximum absolute atomic E-state index is 4.93. The monoisotopic (exact) mass is 390 g/mol. The largest absolute Gasteiger partial charge is 0.262 e. The summed E-state index contributed by atoms with van der Waals surface area (Å²) in [5.41, 5.74) is 5.45. The molecule has 0 aliphatic carbocycles. The van der Waals surface area contributed by atoms with E-state index < -0.39 is 0 Å². The molecule has 3 aromatic rings. The van der Waals surface area contributed by atoms with Crippen LogP contribution in [0.15, 0.2) is 36.4 Å². The van der Waals surface area contributed by atoms with E-state index in [0.29, 0.717) is 5.82 Å². The molecule has 3 rings (SSSR count). The molecule has 0 spiro atoms. The molecule has 1 aromatic carbocycles. The first-order valence-electron chi connectivity index (χ1n) is 10.3. The zero-order valence-electron chi connectivity index (χ0n) is 19.3. The molecule has 4 heteroatoms. The second-order valence-electron chi connectivity index (χ2n) is 11.0. The lowest BCUT2D eigenvalue weighted by atomic mass is 9.85. The molecule has 1 N–H and O–H groups in total. The van der Waals surface area contributed by atoms with Crippen molar-refractivity contribution in [3.8, 4) is 22.8 Å². The number of hydrogen-bond acceptors (Lipinski definition) is 3. The molecule has 0 unspecified atom stereocenters. The van der Waals surface area contributed by atoms with Gasteiger partial charge in [0.2, 0.25) is 0 Å². The molecule has 0 aliphatic heterocycles. The molecular formula is C25H34N4. The summed E-state index contributed by atoms with van der Waals surface area (Å²) >= 11 is 0. The molecule has 0 bridgehead atoms. The average molecular weight is 391 g/mol. The minimum atomic E-state index is -0.0848. The van der Waals surface area contributed by atoms with Crippen LogP contribution in [0.5, 0.6) is 0 Å². The number of aromatic amines is 1. The summed E-state index contributed by atoms with van der Waals surface area (Å²) < 4.78 is 0. The topological polar surface area (TPSA) is 54.5 Å². The fourth-order valence-electron chi connectivity index (χ4n) is 3.08. The molecule has 29 heavy (non-hydrogen) atoms. The van der Waals surface area contributed by atoms with Gasteiger partial charge in [-0.3, -0.25) is 5.10 Å². The Kier molecular flexibility index (Phi) is 5.18. The summed E-state index contributed by atoms with van der Waals surface area (Å²) in [7, 11) is 0. The predicted molar refractivity (Wildman–Crippen MR) is 121 cm³/mol. The van der Waals surface area contributed by atoms with Crippen LogP contribution in [-0.4, -0.2) is 20.2 Å². The van der Waals surface area contributed by atoms with Crippen LogP contribution in [0.1, 0.15) is 79.3 Å². The standard InChI is InChI=1S/C25H34N4/c1-23(2,3)17-12-10-16(11-13-17)19-14-18(24(4,5)6)15-20(26-19)21-27-22(29-28-21)25(7,8)9/h10-15H,1-9H3,(H,27,28,29). The average Bonchev–Trinajstić information content (AvgIpc) is 3.10. The first-order valence-corrected chi connectivity index (χ1v) is 10.3. The highest BCUT2D eigenvalue weighted by Gasteiger charge is 2.22. The summed E-state index contributed by atoms with van der Waals surface area (Å²) in [6, 6.07) is 13.0. The second kappa shape index (κ2) is 7.08. The lowest BCUT2D eigenvalue weighted by Gasteiger charge is -2.21. The van der Waals surface area contributed by atoms with Crippen LogP contribution in [0.2, 0.25) is 0 Å². The maximum Gasteiger partial charge on any atom is 0.199 e. The molecule has 2 heterocycles. The highest BCUT2D eigenvalue weighted by Crippen LogP contribution is 2.32. The normalized spacial score (nSPS) is 13.0. The van der Waals surface area contributed by atoms with Gasteiger partial charge >= 0.3 is 0 Å². The van der Waals surface area contributed by atoms with Crippen molar-refractivity contribution in [3.05, 3.63) is 53.3 Å². The van der Waals surface area contributed by atoms with E-state index in [-0.39, 0.29) is 16.2 Å². The quantitative estimate of drug-likeness (QED) is 0.549. The SMILES string of the molecule is CC(C)(C)c1ccc(-c2cc(C(C)(C)C)cc(-c3n[nH]c(C(C)(C)C)n3)n2)cc1. The summed E-state index contributed by atoms with van der Waals surface area (Å²) in [4.78, 5) is 9.66. The van der Waals surface area contributed by atoms with Crippen LogP contribution in [0.25, 0.3) is 22.8 Å². The molecule has 0 saturated heterocycles. The van der Waals surface area contributed by atoms with Crippen molar-refractivity contribution in [2.24, 2.45) is 0 Å². The molecule has 0 atom stereocenters. The number of aromatic nitrogens is 4. The van der Waals surface area contributed by atoms with Gasteiger partial charge in [-0.15, -0.1) is 0 Å². The van der Waals surface area contributed by atoms with Crippen molar-refractivity contribution in [3.63, 3.8) is 0 Å². The number of benzene rings is 1. The van der Waals surface area contributed by atoms with Gasteiger partial charge < -0.3 is 0 Å². The van der Waals surface area contributed by atoms with Gasteiger partial charge in [-0.05, 0) is 34.1 Å². The molecule has 0 fully saturated rings. The third-order valence-corrected chi connectivity index (χ3v) is 5.16. The van der Waals surface area contributed by atoms with Gasteiger partial charge in [0.05, 0.1) is 5.69 Å². The Morgan fingerprint density at radius 1 is 0.621 bits per heavy atom. The van der Waals surface area contributed by atoms with Crippen LogP contribution in [0, 0.1) is 0 Å². The molecular weight excluding hydrogens is 356 g/mol. The van der Waals surface area contributed by atoms with Crippen LogP contribution in [-0.2, 0) is 16.2 Å². The Morgan fingerprint density at radius 3 is 1.66 bits per heavy atom. The summed E-state index contributed by atoms with van der Waals surface area (Å²) in [6.07, 6.45) is 0. The molecule has 0 saturated carbocycles. The first-order chi connectivity index (χ1) is 13.2. The number of rotatable bonds is 2. The molecule has 0 amide bonds. The van der Waals surface area contributed by atoms with Crippen molar-refractivity contribution in [1.82, 2.24) is 20.2 Å². The minimum Gasteiger partial charge on any atom is -0.262 e. The Labute approximate surface area is 175 Å². The molecule has 154 valence electrons. The van der Waals surface area contributed by atoms with Gasteiger partial charge in [0.1, 0.15) is 11.5 Å². The second-order valence-corrected chi connectivity index (χ2v) is 11.0. The van der Waals surface area contributed by atoms with Crippen molar-refractivity contribution in [2.45, 2.75) is 78.6 Å². The third kappa shape index (κ3) is 4.75. The first kappa shape index (κ1) is 21.2. The lowest BCUT2D eigenvalue weighted by Crippen LogP contribution is -2.13. The van der Waals surface area contributed by atoms with E-state index in [9.17, 15) is 0 Å². The van der Waals surface area contributed by atoms with Crippen molar-refractivity contribution >= 4 is 0 Å². The zero-order valence-corrected chi connectivity index (χ0v) is 19.3. The fourth-order valence-corrected chi connectivity index (χ4v) is 3.08. The van der Waals surface area contributed by atoms with Crippen molar-refractivity contribution in [1.29, 1.82) is 0 Å². The number of nitrogens with zero attached hydrogens (tertiary/aromatic N) is 3. The highest BCUT2D eigenvalue weighted by molar-refractivity contribution is 5.65. The number of hydrogen-bond donors (Lipinski definition) is 1. The smallest absolute Gasteiger partial charge is 0.199 e. The van der Waals surface area contributed by atoms with Crippen LogP contribution >= 0.6 is 0 Å². The highest BCUT2D eigenvalue weighted by atomic mass is 15.2. The van der Waals surface area contributed by atoms with E-state index in [4.69, 9.17) is 9.97 Å². The fraction of sp³-hybridized carbons (Fsp3) is 0.480. The molecule has 4 nitrogen and oxygen atoms in total. The van der Waals surface area contributed by atoms with Gasteiger partial charge in [-0.2, -0.15) is 5.10 Å². The van der Waals surface area contributed by atoms with E-state index in [2.05, 4.69) is 109 Å². The minimum absolute atomic E-state index is 0.000947. The Hall–Kier alpha value is -2.49. The van der Waals surface area contributed by atoms with Crippen molar-refractivity contribution < 1.29 is 0 Å². The van der Waals surface area contributed by atoms with E-state index in [1.165, 1.54) is 11.1 Å². The number of pyridine rings is 1. The Morgan fingerprint density at radius 2 is 1.17 bits per heavy atom. The molecule has 0 aliphatic rings. The van der Waals surface area contributed by atoms with Gasteiger partial charge in [0.25, 0.3) is 0 Å². The summed E-state index contributed by atoms with van der Waals surface area (Å²) in [5.74, 6) is 1.51. The Bertz CT molecular complexity index is 991. The van der Waals surface area contributed by atoms with E-state index in [0.717, 1.165) is 22.8 Å². The predicted octanol–water partition coefficient (Wildman–Crippen LogP) is 6.43. The van der Waals surface area contributed by atoms with Gasteiger partial charge in [-0.25, -0.2) is 9.97 Å². The summed E-state index contributed by atoms with van der Waals surface area (Å²) in [5, 5.41) is 7.54. The van der Waals surface area contributed by atoms with E-state index in [1.807, 2.05) is 0 Å². The Balaban J connectivity index is 2.11. The lowest BCUT2D eigenvalue weighted by molar-refractivity contribution is 0.548. The van der Waals surface area contributed by atoms with Crippen LogP contribution in [0.3, 0.4) is 0 Å². The number of nitrogens with one attached hydrogen (secondary N) is 1. The molecule has 2 aromatic heterocycles. The third-order valence-electron chi connectivity index (χ3n) is 5.16. The number of H-pyrrole nitrogens is 1. The zero-order chi connectivity index (χ0) is 21.6. The van der Waals surface area contributed by atoms with Crippen LogP contribution < -0.4 is 0 Å². The van der Waals surface area contributed by atoms with Crippen molar-refractivity contribution in [2.75, 3.05) is 0 Å². The van der Waals surface area contributed by atoms with Crippen LogP contribution in [0.4, 0.5) is 0 Å². The molecule has 0 radical (unpaired) electrons. The van der Waals surface area contributed by atoms with Gasteiger partial charge in [0.15, 0.2) is 5.82 Å². The van der Waals surface area contributed by atoms with Gasteiger partial charge in [-0.1, -0.05) is 86.6 Å². The van der Waals surface area contributed by atoms with Gasteiger partial charge in [0, 0.05) is 11.0 Å².